The van der Waals surface area contributed by atoms with E-state index in [4.69, 9.17) is 9.47 Å². The Morgan fingerprint density at radius 1 is 1.36 bits per heavy atom. The topological polar surface area (TPSA) is 73.6 Å². The van der Waals surface area contributed by atoms with Crippen LogP contribution in [0, 0.1) is 0 Å². The quantitative estimate of drug-likeness (QED) is 0.936. The van der Waals surface area contributed by atoms with Crippen LogP contribution in [0.2, 0.25) is 0 Å². The van der Waals surface area contributed by atoms with Gasteiger partial charge in [-0.1, -0.05) is 12.1 Å². The van der Waals surface area contributed by atoms with Crippen LogP contribution in [0.3, 0.4) is 0 Å². The second-order valence-electron chi connectivity index (χ2n) is 5.39. The van der Waals surface area contributed by atoms with E-state index in [1.54, 1.807) is 19.5 Å². The van der Waals surface area contributed by atoms with E-state index in [1.807, 2.05) is 24.3 Å². The van der Waals surface area contributed by atoms with E-state index in [9.17, 15) is 9.90 Å². The zero-order chi connectivity index (χ0) is 15.6. The zero-order valence-electron chi connectivity index (χ0n) is 12.4. The van der Waals surface area contributed by atoms with Gasteiger partial charge in [0.1, 0.15) is 5.75 Å². The lowest BCUT2D eigenvalue weighted by Gasteiger charge is -2.33. The largest absolute Gasteiger partial charge is 0.497 e. The first-order valence-electron chi connectivity index (χ1n) is 7.16. The first-order chi connectivity index (χ1) is 10.7. The SMILES string of the molecule is COc1ccc(-c2cnn(C3(C(=O)O)CCCOC3)c2)cc1. The lowest BCUT2D eigenvalue weighted by Crippen LogP contribution is -2.48. The molecule has 0 aliphatic carbocycles. The van der Waals surface area contributed by atoms with Crippen LogP contribution in [-0.4, -0.2) is 41.2 Å². The number of benzene rings is 1. The van der Waals surface area contributed by atoms with E-state index in [0.717, 1.165) is 16.9 Å². The molecule has 1 atom stereocenters. The Balaban J connectivity index is 1.93. The van der Waals surface area contributed by atoms with Gasteiger partial charge in [-0.15, -0.1) is 0 Å². The summed E-state index contributed by atoms with van der Waals surface area (Å²) in [6.45, 7) is 0.744. The summed E-state index contributed by atoms with van der Waals surface area (Å²) in [6, 6.07) is 7.57. The molecule has 0 amide bonds. The Labute approximate surface area is 128 Å². The summed E-state index contributed by atoms with van der Waals surface area (Å²) in [5.41, 5.74) is 0.723. The molecule has 1 aromatic heterocycles. The summed E-state index contributed by atoms with van der Waals surface area (Å²) in [7, 11) is 1.62. The number of aromatic nitrogens is 2. The smallest absolute Gasteiger partial charge is 0.334 e. The number of carboxylic acids is 1. The number of hydrogen-bond donors (Lipinski definition) is 1. The fourth-order valence-electron chi connectivity index (χ4n) is 2.72. The Morgan fingerprint density at radius 3 is 2.73 bits per heavy atom. The number of hydrogen-bond acceptors (Lipinski definition) is 4. The fraction of sp³-hybridized carbons (Fsp3) is 0.375. The molecule has 0 bridgehead atoms. The van der Waals surface area contributed by atoms with Crippen LogP contribution in [-0.2, 0) is 15.1 Å². The predicted molar refractivity (Wildman–Crippen MR) is 79.9 cm³/mol. The maximum Gasteiger partial charge on any atom is 0.334 e. The van der Waals surface area contributed by atoms with Crippen molar-refractivity contribution in [2.45, 2.75) is 18.4 Å². The van der Waals surface area contributed by atoms with Crippen LogP contribution in [0.5, 0.6) is 5.75 Å². The highest BCUT2D eigenvalue weighted by molar-refractivity contribution is 5.77. The maximum atomic E-state index is 11.7. The molecule has 1 fully saturated rings. The molecule has 6 heteroatoms. The lowest BCUT2D eigenvalue weighted by atomic mass is 9.93. The molecule has 2 aromatic rings. The minimum atomic E-state index is -1.11. The van der Waals surface area contributed by atoms with Gasteiger partial charge in [-0.3, -0.25) is 4.68 Å². The van der Waals surface area contributed by atoms with Gasteiger partial charge in [-0.25, -0.2) is 4.79 Å². The van der Waals surface area contributed by atoms with Crippen LogP contribution in [0.15, 0.2) is 36.7 Å². The number of nitrogens with zero attached hydrogens (tertiary/aromatic N) is 2. The number of carbonyl (C=O) groups is 1. The number of methoxy groups -OCH3 is 1. The van der Waals surface area contributed by atoms with Crippen LogP contribution in [0.25, 0.3) is 11.1 Å². The van der Waals surface area contributed by atoms with Gasteiger partial charge in [-0.2, -0.15) is 5.10 Å². The van der Waals surface area contributed by atoms with Gasteiger partial charge < -0.3 is 14.6 Å². The number of ether oxygens (including phenoxy) is 2. The monoisotopic (exact) mass is 302 g/mol. The second kappa shape index (κ2) is 5.81. The summed E-state index contributed by atoms with van der Waals surface area (Å²) in [5.74, 6) is -0.129. The molecule has 0 spiro atoms. The van der Waals surface area contributed by atoms with Crippen molar-refractivity contribution in [2.24, 2.45) is 0 Å². The Morgan fingerprint density at radius 2 is 2.14 bits per heavy atom. The number of carboxylic acid groups (broad SMARTS) is 1. The van der Waals surface area contributed by atoms with Crippen LogP contribution >= 0.6 is 0 Å². The Hall–Kier alpha value is -2.34. The summed E-state index contributed by atoms with van der Waals surface area (Å²) in [5, 5.41) is 13.9. The van der Waals surface area contributed by atoms with Crippen molar-refractivity contribution >= 4 is 5.97 Å². The standard InChI is InChI=1S/C16H18N2O4/c1-21-14-5-3-12(4-6-14)13-9-17-18(10-13)16(15(19)20)7-2-8-22-11-16/h3-6,9-10H,2,7-8,11H2,1H3,(H,19,20). The molecule has 1 N–H and O–H groups in total. The molecule has 0 saturated carbocycles. The second-order valence-corrected chi connectivity index (χ2v) is 5.39. The molecule has 22 heavy (non-hydrogen) atoms. The van der Waals surface area contributed by atoms with Crippen molar-refractivity contribution in [3.8, 4) is 16.9 Å². The van der Waals surface area contributed by atoms with Gasteiger partial charge in [0, 0.05) is 18.4 Å². The third-order valence-electron chi connectivity index (χ3n) is 4.06. The summed E-state index contributed by atoms with van der Waals surface area (Å²) < 4.78 is 12.0. The van der Waals surface area contributed by atoms with Gasteiger partial charge in [0.25, 0.3) is 0 Å². The van der Waals surface area contributed by atoms with E-state index in [1.165, 1.54) is 4.68 Å². The highest BCUT2D eigenvalue weighted by Crippen LogP contribution is 2.30. The van der Waals surface area contributed by atoms with Gasteiger partial charge in [-0.05, 0) is 30.5 Å². The number of aliphatic carboxylic acids is 1. The maximum absolute atomic E-state index is 11.7. The van der Waals surface area contributed by atoms with Gasteiger partial charge in [0.15, 0.2) is 5.54 Å². The first-order valence-corrected chi connectivity index (χ1v) is 7.16. The summed E-state index contributed by atoms with van der Waals surface area (Å²) >= 11 is 0. The Kier molecular flexibility index (Phi) is 3.85. The molecule has 1 aliphatic rings. The van der Waals surface area contributed by atoms with E-state index < -0.39 is 11.5 Å². The van der Waals surface area contributed by atoms with Gasteiger partial charge in [0.2, 0.25) is 0 Å². The number of rotatable bonds is 4. The van der Waals surface area contributed by atoms with Crippen molar-refractivity contribution < 1.29 is 19.4 Å². The van der Waals surface area contributed by atoms with Crippen molar-refractivity contribution in [1.82, 2.24) is 9.78 Å². The van der Waals surface area contributed by atoms with Gasteiger partial charge in [0.05, 0.1) is 19.9 Å². The third-order valence-corrected chi connectivity index (χ3v) is 4.06. The van der Waals surface area contributed by atoms with Crippen molar-refractivity contribution in [3.05, 3.63) is 36.7 Å². The molecular formula is C16H18N2O4. The zero-order valence-corrected chi connectivity index (χ0v) is 12.4. The van der Waals surface area contributed by atoms with E-state index >= 15 is 0 Å². The van der Waals surface area contributed by atoms with Crippen molar-refractivity contribution in [3.63, 3.8) is 0 Å². The van der Waals surface area contributed by atoms with Gasteiger partial charge >= 0.3 is 5.97 Å². The van der Waals surface area contributed by atoms with Crippen LogP contribution in [0.4, 0.5) is 0 Å². The molecule has 1 unspecified atom stereocenters. The first kappa shape index (κ1) is 14.6. The molecule has 2 heterocycles. The molecular weight excluding hydrogens is 284 g/mol. The molecule has 3 rings (SSSR count). The van der Waals surface area contributed by atoms with E-state index in [-0.39, 0.29) is 6.61 Å². The van der Waals surface area contributed by atoms with Crippen LogP contribution < -0.4 is 4.74 Å². The highest BCUT2D eigenvalue weighted by atomic mass is 16.5. The Bertz CT molecular complexity index is 657. The van der Waals surface area contributed by atoms with Crippen LogP contribution in [0.1, 0.15) is 12.8 Å². The molecule has 1 aliphatic heterocycles. The average Bonchev–Trinajstić information content (AvgIpc) is 3.06. The third kappa shape index (κ3) is 2.46. The molecule has 116 valence electrons. The predicted octanol–water partition coefficient (Wildman–Crippen LogP) is 2.15. The minimum absolute atomic E-state index is 0.145. The summed E-state index contributed by atoms with van der Waals surface area (Å²) in [6.07, 6.45) is 4.68. The molecule has 0 radical (unpaired) electrons. The van der Waals surface area contributed by atoms with E-state index in [2.05, 4.69) is 5.10 Å². The highest BCUT2D eigenvalue weighted by Gasteiger charge is 2.43. The normalized spacial score (nSPS) is 21.5. The lowest BCUT2D eigenvalue weighted by molar-refractivity contribution is -0.156. The molecule has 1 saturated heterocycles. The average molecular weight is 302 g/mol. The molecule has 1 aromatic carbocycles. The van der Waals surface area contributed by atoms with Crippen molar-refractivity contribution in [2.75, 3.05) is 20.3 Å². The summed E-state index contributed by atoms with van der Waals surface area (Å²) in [4.78, 5) is 11.7. The van der Waals surface area contributed by atoms with Crippen molar-refractivity contribution in [1.29, 1.82) is 0 Å². The molecule has 6 nitrogen and oxygen atoms in total. The fourth-order valence-corrected chi connectivity index (χ4v) is 2.72. The minimum Gasteiger partial charge on any atom is -0.497 e. The van der Waals surface area contributed by atoms with E-state index in [0.29, 0.717) is 19.4 Å².